The molecule has 2 aromatic rings. The number of nitrogens with zero attached hydrogens (tertiary/aromatic N) is 3. The van der Waals surface area contributed by atoms with Gasteiger partial charge in [-0.15, -0.1) is 24.0 Å². The standard InChI is InChI=1S/C23H35N5OS.HI/c1-5-24-23(26-20-11-9-12-21(15-20)30(29)6-2)25-16-19-10-7-8-13-22(19)28-18(4)14-17(3)27-28;/h7-8,10,13-14,20-21H,5-6,9,11-12,15-16H2,1-4H3,(H2,24,25,26);1H. The van der Waals surface area contributed by atoms with Gasteiger partial charge in [0.1, 0.15) is 0 Å². The molecule has 31 heavy (non-hydrogen) atoms. The van der Waals surface area contributed by atoms with Crippen molar-refractivity contribution in [3.05, 3.63) is 47.3 Å². The Morgan fingerprint density at radius 1 is 1.26 bits per heavy atom. The lowest BCUT2D eigenvalue weighted by molar-refractivity contribution is 0.413. The number of aliphatic imine (C=N–C) groups is 1. The lowest BCUT2D eigenvalue weighted by Crippen LogP contribution is -2.46. The van der Waals surface area contributed by atoms with Crippen molar-refractivity contribution in [1.29, 1.82) is 0 Å². The third kappa shape index (κ3) is 7.03. The monoisotopic (exact) mass is 557 g/mol. The molecule has 0 radical (unpaired) electrons. The first-order valence-electron chi connectivity index (χ1n) is 11.0. The zero-order valence-corrected chi connectivity index (χ0v) is 22.2. The maximum Gasteiger partial charge on any atom is 0.191 e. The second kappa shape index (κ2) is 12.6. The van der Waals surface area contributed by atoms with E-state index in [0.717, 1.165) is 66.6 Å². The van der Waals surface area contributed by atoms with Crippen molar-refractivity contribution < 1.29 is 4.21 Å². The van der Waals surface area contributed by atoms with Crippen LogP contribution >= 0.6 is 24.0 Å². The first-order chi connectivity index (χ1) is 14.5. The van der Waals surface area contributed by atoms with E-state index < -0.39 is 10.8 Å². The molecule has 1 heterocycles. The second-order valence-corrected chi connectivity index (χ2v) is 9.97. The van der Waals surface area contributed by atoms with E-state index in [2.05, 4.69) is 47.8 Å². The quantitative estimate of drug-likeness (QED) is 0.304. The summed E-state index contributed by atoms with van der Waals surface area (Å²) < 4.78 is 14.3. The first kappa shape index (κ1) is 25.8. The highest BCUT2D eigenvalue weighted by Gasteiger charge is 2.26. The number of hydrogen-bond acceptors (Lipinski definition) is 3. The summed E-state index contributed by atoms with van der Waals surface area (Å²) in [4.78, 5) is 4.87. The predicted molar refractivity (Wildman–Crippen MR) is 141 cm³/mol. The minimum Gasteiger partial charge on any atom is -0.357 e. The molecule has 1 aromatic carbocycles. The van der Waals surface area contributed by atoms with Gasteiger partial charge >= 0.3 is 0 Å². The highest BCUT2D eigenvalue weighted by Crippen LogP contribution is 2.23. The number of guanidine groups is 1. The lowest BCUT2D eigenvalue weighted by atomic mass is 9.95. The van der Waals surface area contributed by atoms with Crippen LogP contribution in [0.25, 0.3) is 5.69 Å². The van der Waals surface area contributed by atoms with E-state index in [1.165, 1.54) is 0 Å². The summed E-state index contributed by atoms with van der Waals surface area (Å²) in [5, 5.41) is 11.9. The molecular formula is C23H36IN5OS. The highest BCUT2D eigenvalue weighted by atomic mass is 127. The van der Waals surface area contributed by atoms with Crippen LogP contribution in [0.2, 0.25) is 0 Å². The topological polar surface area (TPSA) is 71.3 Å². The van der Waals surface area contributed by atoms with Crippen molar-refractivity contribution in [3.63, 3.8) is 0 Å². The fraction of sp³-hybridized carbons (Fsp3) is 0.565. The average Bonchev–Trinajstić information content (AvgIpc) is 3.09. The van der Waals surface area contributed by atoms with Crippen LogP contribution in [0, 0.1) is 13.8 Å². The van der Waals surface area contributed by atoms with Crippen LogP contribution < -0.4 is 10.6 Å². The SMILES string of the molecule is CCNC(=NCc1ccccc1-n1nc(C)cc1C)NC1CCCC(S(=O)CC)C1.I. The van der Waals surface area contributed by atoms with Gasteiger partial charge in [0, 0.05) is 40.1 Å². The molecule has 0 amide bonds. The van der Waals surface area contributed by atoms with E-state index in [9.17, 15) is 4.21 Å². The van der Waals surface area contributed by atoms with Crippen molar-refractivity contribution in [2.24, 2.45) is 4.99 Å². The van der Waals surface area contributed by atoms with Gasteiger partial charge in [0.05, 0.1) is 17.9 Å². The summed E-state index contributed by atoms with van der Waals surface area (Å²) in [6.45, 7) is 9.56. The van der Waals surface area contributed by atoms with E-state index in [-0.39, 0.29) is 24.0 Å². The largest absolute Gasteiger partial charge is 0.357 e. The Balaban J connectivity index is 0.00000341. The van der Waals surface area contributed by atoms with E-state index in [0.29, 0.717) is 17.8 Å². The van der Waals surface area contributed by atoms with Crippen molar-refractivity contribution in [3.8, 4) is 5.69 Å². The first-order valence-corrected chi connectivity index (χ1v) is 12.4. The van der Waals surface area contributed by atoms with Crippen molar-refractivity contribution in [2.75, 3.05) is 12.3 Å². The molecule has 8 heteroatoms. The zero-order valence-electron chi connectivity index (χ0n) is 19.1. The molecule has 0 saturated heterocycles. The summed E-state index contributed by atoms with van der Waals surface area (Å²) in [5.41, 5.74) is 4.33. The number of nitrogens with one attached hydrogen (secondary N) is 2. The Morgan fingerprint density at radius 2 is 2.03 bits per heavy atom. The smallest absolute Gasteiger partial charge is 0.191 e. The minimum absolute atomic E-state index is 0. The normalized spacial score (nSPS) is 20.1. The molecule has 172 valence electrons. The van der Waals surface area contributed by atoms with Crippen LogP contribution in [0.3, 0.4) is 0 Å². The molecule has 0 bridgehead atoms. The summed E-state index contributed by atoms with van der Waals surface area (Å²) in [6, 6.07) is 10.7. The van der Waals surface area contributed by atoms with Gasteiger partial charge in [-0.25, -0.2) is 9.67 Å². The molecule has 1 aromatic heterocycles. The van der Waals surface area contributed by atoms with Crippen molar-refractivity contribution in [1.82, 2.24) is 20.4 Å². The molecule has 0 spiro atoms. The van der Waals surface area contributed by atoms with Crippen molar-refractivity contribution in [2.45, 2.75) is 71.2 Å². The number of aromatic nitrogens is 2. The average molecular weight is 558 g/mol. The molecule has 3 unspecified atom stereocenters. The number of benzene rings is 1. The van der Waals surface area contributed by atoms with Crippen LogP contribution in [0.15, 0.2) is 35.3 Å². The van der Waals surface area contributed by atoms with Gasteiger partial charge in [-0.3, -0.25) is 4.21 Å². The Kier molecular flexibility index (Phi) is 10.5. The van der Waals surface area contributed by atoms with Crippen LogP contribution in [-0.2, 0) is 17.3 Å². The molecular weight excluding hydrogens is 521 g/mol. The van der Waals surface area contributed by atoms with Gasteiger partial charge in [0.15, 0.2) is 5.96 Å². The number of aryl methyl sites for hydroxylation is 2. The molecule has 3 atom stereocenters. The molecule has 1 fully saturated rings. The molecule has 2 N–H and O–H groups in total. The van der Waals surface area contributed by atoms with Crippen LogP contribution in [0.1, 0.15) is 56.5 Å². The molecule has 6 nitrogen and oxygen atoms in total. The summed E-state index contributed by atoms with van der Waals surface area (Å²) in [6.07, 6.45) is 4.24. The second-order valence-electron chi connectivity index (χ2n) is 7.96. The molecule has 0 aliphatic heterocycles. The summed E-state index contributed by atoms with van der Waals surface area (Å²) in [7, 11) is -0.721. The molecule has 1 aliphatic carbocycles. The van der Waals surface area contributed by atoms with Crippen LogP contribution in [-0.4, -0.2) is 43.5 Å². The van der Waals surface area contributed by atoms with Gasteiger partial charge in [0.25, 0.3) is 0 Å². The zero-order chi connectivity index (χ0) is 21.5. The lowest BCUT2D eigenvalue weighted by Gasteiger charge is -2.30. The van der Waals surface area contributed by atoms with Crippen molar-refractivity contribution >= 4 is 40.7 Å². The number of para-hydroxylation sites is 1. The number of hydrogen-bond donors (Lipinski definition) is 2. The Morgan fingerprint density at radius 3 is 2.71 bits per heavy atom. The maximum absolute atomic E-state index is 12.3. The van der Waals surface area contributed by atoms with Gasteiger partial charge in [0.2, 0.25) is 0 Å². The maximum atomic E-state index is 12.3. The van der Waals surface area contributed by atoms with Gasteiger partial charge in [-0.05, 0) is 57.7 Å². The predicted octanol–water partition coefficient (Wildman–Crippen LogP) is 4.24. The molecule has 3 rings (SSSR count). The summed E-state index contributed by atoms with van der Waals surface area (Å²) >= 11 is 0. The fourth-order valence-electron chi connectivity index (χ4n) is 4.15. The molecule has 1 aliphatic rings. The van der Waals surface area contributed by atoms with Gasteiger partial charge in [-0.2, -0.15) is 5.10 Å². The third-order valence-electron chi connectivity index (χ3n) is 5.60. The van der Waals surface area contributed by atoms with E-state index in [1.54, 1.807) is 0 Å². The number of rotatable bonds is 7. The summed E-state index contributed by atoms with van der Waals surface area (Å²) in [5.74, 6) is 1.57. The Labute approximate surface area is 206 Å². The Bertz CT molecular complexity index is 898. The van der Waals surface area contributed by atoms with E-state index in [4.69, 9.17) is 4.99 Å². The third-order valence-corrected chi connectivity index (χ3v) is 7.35. The Hall–Kier alpha value is -1.42. The van der Waals surface area contributed by atoms with E-state index in [1.807, 2.05) is 30.7 Å². The molecule has 1 saturated carbocycles. The highest BCUT2D eigenvalue weighted by molar-refractivity contribution is 14.0. The van der Waals surface area contributed by atoms with Crippen LogP contribution in [0.4, 0.5) is 0 Å². The van der Waals surface area contributed by atoms with Gasteiger partial charge < -0.3 is 10.6 Å². The minimum atomic E-state index is -0.721. The number of halogens is 1. The fourth-order valence-corrected chi connectivity index (χ4v) is 5.50. The van der Waals surface area contributed by atoms with Gasteiger partial charge in [-0.1, -0.05) is 31.5 Å². The van der Waals surface area contributed by atoms with E-state index >= 15 is 0 Å². The van der Waals surface area contributed by atoms with Crippen LogP contribution in [0.5, 0.6) is 0 Å².